The van der Waals surface area contributed by atoms with Crippen LogP contribution in [0.1, 0.15) is 40.0 Å². The van der Waals surface area contributed by atoms with Gasteiger partial charge in [-0.05, 0) is 39.8 Å². The van der Waals surface area contributed by atoms with E-state index in [1.165, 1.54) is 0 Å². The largest absolute Gasteiger partial charge is 0.342 e. The number of rotatable bonds is 2. The molecule has 2 heterocycles. The summed E-state index contributed by atoms with van der Waals surface area (Å²) < 4.78 is 0. The minimum absolute atomic E-state index is 0.185. The van der Waals surface area contributed by atoms with Gasteiger partial charge in [0, 0.05) is 25.6 Å². The first kappa shape index (κ1) is 16.2. The van der Waals surface area contributed by atoms with E-state index in [1.807, 2.05) is 18.7 Å². The van der Waals surface area contributed by atoms with E-state index in [4.69, 9.17) is 0 Å². The molecule has 0 aliphatic carbocycles. The highest BCUT2D eigenvalue weighted by molar-refractivity contribution is 5.81. The van der Waals surface area contributed by atoms with E-state index < -0.39 is 0 Å². The number of likely N-dealkylation sites (tertiary alicyclic amines) is 2. The maximum Gasteiger partial charge on any atom is 0.227 e. The van der Waals surface area contributed by atoms with Gasteiger partial charge in [-0.3, -0.25) is 9.59 Å². The quantitative estimate of drug-likeness (QED) is 0.766. The Morgan fingerprint density at radius 1 is 0.947 bits per heavy atom. The molecule has 2 fully saturated rings. The third-order valence-electron chi connectivity index (χ3n) is 4.12. The molecule has 2 rings (SSSR count). The molecule has 0 saturated carbocycles. The zero-order chi connectivity index (χ0) is 14.4. The molecular weight excluding hydrogens is 240 g/mol. The van der Waals surface area contributed by atoms with E-state index in [1.54, 1.807) is 6.92 Å². The number of hydrogen-bond acceptors (Lipinski definition) is 3. The normalized spacial score (nSPS) is 24.8. The van der Waals surface area contributed by atoms with Gasteiger partial charge < -0.3 is 9.80 Å². The van der Waals surface area contributed by atoms with Gasteiger partial charge in [-0.25, -0.2) is 0 Å². The third-order valence-corrected chi connectivity index (χ3v) is 4.12. The van der Waals surface area contributed by atoms with Crippen molar-refractivity contribution in [3.8, 4) is 0 Å². The Kier molecular flexibility index (Phi) is 6.49. The topological polar surface area (TPSA) is 40.6 Å². The average Bonchev–Trinajstić information content (AvgIpc) is 2.87. The van der Waals surface area contributed by atoms with Crippen molar-refractivity contribution in [3.63, 3.8) is 0 Å². The number of Topliss-reactive ketones (excluding diaryl/α,β-unsaturated/α-hetero) is 1. The minimum atomic E-state index is 0.185. The van der Waals surface area contributed by atoms with Crippen molar-refractivity contribution in [1.29, 1.82) is 0 Å². The van der Waals surface area contributed by atoms with Gasteiger partial charge in [-0.2, -0.15) is 0 Å². The van der Waals surface area contributed by atoms with Crippen LogP contribution in [0.4, 0.5) is 0 Å². The summed E-state index contributed by atoms with van der Waals surface area (Å²) in [5.74, 6) is 0.952. The Balaban J connectivity index is 0.000000861. The van der Waals surface area contributed by atoms with Crippen molar-refractivity contribution in [1.82, 2.24) is 9.80 Å². The van der Waals surface area contributed by atoms with Gasteiger partial charge in [0.25, 0.3) is 0 Å². The predicted octanol–water partition coefficient (Wildman–Crippen LogP) is 1.79. The van der Waals surface area contributed by atoms with Crippen LogP contribution in [0.5, 0.6) is 0 Å². The Morgan fingerprint density at radius 3 is 1.89 bits per heavy atom. The molecule has 2 aliphatic heterocycles. The van der Waals surface area contributed by atoms with Crippen molar-refractivity contribution >= 4 is 11.7 Å². The van der Waals surface area contributed by atoms with Crippen molar-refractivity contribution in [3.05, 3.63) is 0 Å². The summed E-state index contributed by atoms with van der Waals surface area (Å²) in [6.07, 6.45) is 2.69. The van der Waals surface area contributed by atoms with E-state index in [0.29, 0.717) is 5.91 Å². The molecule has 110 valence electrons. The monoisotopic (exact) mass is 268 g/mol. The number of hydrogen-bond donors (Lipinski definition) is 0. The second kappa shape index (κ2) is 7.63. The number of carbonyl (C=O) groups is 2. The van der Waals surface area contributed by atoms with E-state index in [-0.39, 0.29) is 17.6 Å². The summed E-state index contributed by atoms with van der Waals surface area (Å²) in [4.78, 5) is 27.7. The van der Waals surface area contributed by atoms with E-state index in [0.717, 1.165) is 45.4 Å². The van der Waals surface area contributed by atoms with Crippen molar-refractivity contribution in [2.24, 2.45) is 11.8 Å². The molecule has 19 heavy (non-hydrogen) atoms. The number of nitrogens with zero attached hydrogens (tertiary/aromatic N) is 2. The molecule has 2 saturated heterocycles. The van der Waals surface area contributed by atoms with Crippen LogP contribution in [-0.4, -0.2) is 54.7 Å². The zero-order valence-electron chi connectivity index (χ0n) is 12.8. The first-order chi connectivity index (χ1) is 9.08. The summed E-state index contributed by atoms with van der Waals surface area (Å²) >= 11 is 0. The van der Waals surface area contributed by atoms with Crippen molar-refractivity contribution in [2.45, 2.75) is 40.0 Å². The molecule has 1 unspecified atom stereocenters. The molecule has 0 aromatic rings. The van der Waals surface area contributed by atoms with E-state index >= 15 is 0 Å². The lowest BCUT2D eigenvalue weighted by Gasteiger charge is -2.32. The molecule has 2 aliphatic rings. The van der Waals surface area contributed by atoms with Crippen molar-refractivity contribution in [2.75, 3.05) is 33.2 Å². The van der Waals surface area contributed by atoms with Gasteiger partial charge in [0.15, 0.2) is 0 Å². The standard InChI is InChI=1S/C13H22N2O2.C2H6/c1-10(16)11-4-7-15(8-5-11)13(17)12-3-6-14(2)9-12;1-2/h11-12H,3-9H2,1-2H3;1-2H3. The Morgan fingerprint density at radius 2 is 1.47 bits per heavy atom. The lowest BCUT2D eigenvalue weighted by molar-refractivity contribution is -0.138. The summed E-state index contributed by atoms with van der Waals surface area (Å²) in [5, 5.41) is 0. The molecule has 4 heteroatoms. The van der Waals surface area contributed by atoms with Crippen LogP contribution >= 0.6 is 0 Å². The fourth-order valence-corrected chi connectivity index (χ4v) is 2.90. The highest BCUT2D eigenvalue weighted by Crippen LogP contribution is 2.22. The fourth-order valence-electron chi connectivity index (χ4n) is 2.90. The Bertz CT molecular complexity index is 309. The SMILES string of the molecule is CC.CC(=O)C1CCN(C(=O)C2CCN(C)C2)CC1. The average molecular weight is 268 g/mol. The van der Waals surface area contributed by atoms with Gasteiger partial charge in [-0.1, -0.05) is 13.8 Å². The van der Waals surface area contributed by atoms with Crippen LogP contribution in [0.25, 0.3) is 0 Å². The molecule has 1 atom stereocenters. The molecular formula is C15H28N2O2. The van der Waals surface area contributed by atoms with Crippen molar-refractivity contribution < 1.29 is 9.59 Å². The highest BCUT2D eigenvalue weighted by atomic mass is 16.2. The van der Waals surface area contributed by atoms with Crippen LogP contribution in [0.2, 0.25) is 0 Å². The number of piperidine rings is 1. The molecule has 0 spiro atoms. The van der Waals surface area contributed by atoms with Crippen LogP contribution in [0.15, 0.2) is 0 Å². The lowest BCUT2D eigenvalue weighted by atomic mass is 9.92. The fraction of sp³-hybridized carbons (Fsp3) is 0.867. The molecule has 0 N–H and O–H groups in total. The first-order valence-corrected chi connectivity index (χ1v) is 7.55. The van der Waals surface area contributed by atoms with Gasteiger partial charge in [0.05, 0.1) is 5.92 Å². The van der Waals surface area contributed by atoms with E-state index in [2.05, 4.69) is 11.9 Å². The molecule has 0 bridgehead atoms. The Hall–Kier alpha value is -0.900. The minimum Gasteiger partial charge on any atom is -0.342 e. The predicted molar refractivity (Wildman–Crippen MR) is 76.9 cm³/mol. The smallest absolute Gasteiger partial charge is 0.227 e. The summed E-state index contributed by atoms with van der Waals surface area (Å²) in [5.41, 5.74) is 0. The molecule has 0 aromatic carbocycles. The van der Waals surface area contributed by atoms with Gasteiger partial charge in [-0.15, -0.1) is 0 Å². The first-order valence-electron chi connectivity index (χ1n) is 7.55. The molecule has 1 amide bonds. The molecule has 4 nitrogen and oxygen atoms in total. The van der Waals surface area contributed by atoms with E-state index in [9.17, 15) is 9.59 Å². The highest BCUT2D eigenvalue weighted by Gasteiger charge is 2.32. The number of ketones is 1. The summed E-state index contributed by atoms with van der Waals surface area (Å²) in [7, 11) is 2.06. The zero-order valence-corrected chi connectivity index (χ0v) is 12.8. The molecule has 0 aromatic heterocycles. The van der Waals surface area contributed by atoms with Gasteiger partial charge in [0.1, 0.15) is 5.78 Å². The third kappa shape index (κ3) is 4.30. The Labute approximate surface area is 117 Å². The van der Waals surface area contributed by atoms with Crippen LogP contribution < -0.4 is 0 Å². The van der Waals surface area contributed by atoms with Crippen LogP contribution in [-0.2, 0) is 9.59 Å². The van der Waals surface area contributed by atoms with Gasteiger partial charge >= 0.3 is 0 Å². The second-order valence-electron chi connectivity index (χ2n) is 5.46. The maximum absolute atomic E-state index is 12.2. The second-order valence-corrected chi connectivity index (χ2v) is 5.46. The maximum atomic E-state index is 12.2. The molecule has 0 radical (unpaired) electrons. The summed E-state index contributed by atoms with van der Waals surface area (Å²) in [6, 6.07) is 0. The van der Waals surface area contributed by atoms with Gasteiger partial charge in [0.2, 0.25) is 5.91 Å². The number of amides is 1. The van der Waals surface area contributed by atoms with Crippen LogP contribution in [0.3, 0.4) is 0 Å². The number of carbonyl (C=O) groups excluding carboxylic acids is 2. The lowest BCUT2D eigenvalue weighted by Crippen LogP contribution is -2.43. The summed E-state index contributed by atoms with van der Waals surface area (Å²) in [6.45, 7) is 9.12. The van der Waals surface area contributed by atoms with Crippen LogP contribution in [0, 0.1) is 11.8 Å².